The van der Waals surface area contributed by atoms with E-state index in [4.69, 9.17) is 11.6 Å². The lowest BCUT2D eigenvalue weighted by Gasteiger charge is -2.34. The number of benzene rings is 2. The van der Waals surface area contributed by atoms with Gasteiger partial charge in [-0.2, -0.15) is 0 Å². The summed E-state index contributed by atoms with van der Waals surface area (Å²) in [4.78, 5) is 20.3. The maximum Gasteiger partial charge on any atom is 0.270 e. The van der Waals surface area contributed by atoms with Crippen molar-refractivity contribution in [2.24, 2.45) is 0 Å². The standard InChI is InChI=1S/C21H22ClN3O/c1-15-2-4-16(5-3-15)14-24-8-10-25(11-9-24)21(26)20-13-17-12-18(22)6-7-19(17)23-20/h2-7,12-13,23H,8-11,14H2,1H3. The van der Waals surface area contributed by atoms with E-state index in [1.807, 2.05) is 29.2 Å². The average molecular weight is 368 g/mol. The predicted molar refractivity (Wildman–Crippen MR) is 106 cm³/mol. The number of aromatic amines is 1. The van der Waals surface area contributed by atoms with E-state index in [1.54, 1.807) is 0 Å². The van der Waals surface area contributed by atoms with Crippen LogP contribution < -0.4 is 0 Å². The molecule has 2 heterocycles. The van der Waals surface area contributed by atoms with Crippen LogP contribution in [0.5, 0.6) is 0 Å². The molecule has 1 aromatic heterocycles. The molecule has 0 atom stereocenters. The molecule has 1 amide bonds. The lowest BCUT2D eigenvalue weighted by Crippen LogP contribution is -2.48. The van der Waals surface area contributed by atoms with Gasteiger partial charge in [0.15, 0.2) is 0 Å². The molecule has 0 aliphatic carbocycles. The molecule has 0 radical (unpaired) electrons. The molecule has 3 aromatic rings. The van der Waals surface area contributed by atoms with Crippen LogP contribution in [0.1, 0.15) is 21.6 Å². The van der Waals surface area contributed by atoms with Gasteiger partial charge in [-0.05, 0) is 36.8 Å². The van der Waals surface area contributed by atoms with Crippen LogP contribution >= 0.6 is 11.6 Å². The number of carbonyl (C=O) groups is 1. The molecule has 1 aliphatic rings. The van der Waals surface area contributed by atoms with Gasteiger partial charge in [0, 0.05) is 48.6 Å². The Morgan fingerprint density at radius 3 is 2.50 bits per heavy atom. The first-order valence-electron chi connectivity index (χ1n) is 8.94. The van der Waals surface area contributed by atoms with Crippen molar-refractivity contribution >= 4 is 28.4 Å². The Hall–Kier alpha value is -2.30. The lowest BCUT2D eigenvalue weighted by molar-refractivity contribution is 0.0623. The minimum atomic E-state index is 0.0623. The Morgan fingerprint density at radius 2 is 1.77 bits per heavy atom. The summed E-state index contributed by atoms with van der Waals surface area (Å²) in [6.07, 6.45) is 0. The zero-order valence-corrected chi connectivity index (χ0v) is 15.6. The molecule has 1 aliphatic heterocycles. The van der Waals surface area contributed by atoms with Gasteiger partial charge in [0.1, 0.15) is 5.69 Å². The van der Waals surface area contributed by atoms with Crippen LogP contribution in [0.2, 0.25) is 5.02 Å². The minimum Gasteiger partial charge on any atom is -0.351 e. The van der Waals surface area contributed by atoms with E-state index in [9.17, 15) is 4.79 Å². The summed E-state index contributed by atoms with van der Waals surface area (Å²) in [5.41, 5.74) is 4.18. The van der Waals surface area contributed by atoms with E-state index in [-0.39, 0.29) is 5.91 Å². The highest BCUT2D eigenvalue weighted by molar-refractivity contribution is 6.31. The van der Waals surface area contributed by atoms with E-state index in [1.165, 1.54) is 11.1 Å². The van der Waals surface area contributed by atoms with Gasteiger partial charge in [0.25, 0.3) is 5.91 Å². The van der Waals surface area contributed by atoms with Gasteiger partial charge in [0.2, 0.25) is 0 Å². The molecule has 134 valence electrons. The number of carbonyl (C=O) groups excluding carboxylic acids is 1. The number of hydrogen-bond donors (Lipinski definition) is 1. The van der Waals surface area contributed by atoms with Crippen molar-refractivity contribution < 1.29 is 4.79 Å². The number of rotatable bonds is 3. The highest BCUT2D eigenvalue weighted by atomic mass is 35.5. The third-order valence-corrected chi connectivity index (χ3v) is 5.23. The van der Waals surface area contributed by atoms with E-state index >= 15 is 0 Å². The number of piperazine rings is 1. The Labute approximate surface area is 158 Å². The molecule has 1 N–H and O–H groups in total. The minimum absolute atomic E-state index is 0.0623. The predicted octanol–water partition coefficient (Wildman–Crippen LogP) is 4.09. The Kier molecular flexibility index (Phi) is 4.70. The van der Waals surface area contributed by atoms with Crippen LogP contribution in [-0.4, -0.2) is 46.9 Å². The fourth-order valence-corrected chi connectivity index (χ4v) is 3.63. The Morgan fingerprint density at radius 1 is 1.04 bits per heavy atom. The maximum atomic E-state index is 12.8. The number of halogens is 1. The summed E-state index contributed by atoms with van der Waals surface area (Å²) < 4.78 is 0. The molecule has 4 rings (SSSR count). The second-order valence-electron chi connectivity index (χ2n) is 6.97. The summed E-state index contributed by atoms with van der Waals surface area (Å²) in [7, 11) is 0. The Balaban J connectivity index is 1.38. The Bertz CT molecular complexity index is 924. The quantitative estimate of drug-likeness (QED) is 0.757. The molecule has 1 fully saturated rings. The second kappa shape index (κ2) is 7.14. The number of nitrogens with one attached hydrogen (secondary N) is 1. The summed E-state index contributed by atoms with van der Waals surface area (Å²) in [5.74, 6) is 0.0623. The lowest BCUT2D eigenvalue weighted by atomic mass is 10.1. The number of aromatic nitrogens is 1. The average Bonchev–Trinajstić information content (AvgIpc) is 3.07. The summed E-state index contributed by atoms with van der Waals surface area (Å²) in [6, 6.07) is 16.2. The molecule has 0 unspecified atom stereocenters. The van der Waals surface area contributed by atoms with E-state index in [0.717, 1.165) is 43.6 Å². The molecule has 0 saturated carbocycles. The number of H-pyrrole nitrogens is 1. The molecule has 5 heteroatoms. The second-order valence-corrected chi connectivity index (χ2v) is 7.40. The van der Waals surface area contributed by atoms with Crippen LogP contribution in [0.15, 0.2) is 48.5 Å². The summed E-state index contributed by atoms with van der Waals surface area (Å²) >= 11 is 6.03. The highest BCUT2D eigenvalue weighted by Gasteiger charge is 2.23. The van der Waals surface area contributed by atoms with Crippen molar-refractivity contribution in [1.29, 1.82) is 0 Å². The van der Waals surface area contributed by atoms with E-state index < -0.39 is 0 Å². The van der Waals surface area contributed by atoms with Gasteiger partial charge in [-0.1, -0.05) is 41.4 Å². The third kappa shape index (κ3) is 3.62. The SMILES string of the molecule is Cc1ccc(CN2CCN(C(=O)c3cc4cc(Cl)ccc4[nH]3)CC2)cc1. The van der Waals surface area contributed by atoms with Gasteiger partial charge in [0.05, 0.1) is 0 Å². The van der Waals surface area contributed by atoms with Crippen LogP contribution in [0.3, 0.4) is 0 Å². The van der Waals surface area contributed by atoms with Crippen molar-refractivity contribution in [2.45, 2.75) is 13.5 Å². The molecular weight excluding hydrogens is 346 g/mol. The van der Waals surface area contributed by atoms with Crippen molar-refractivity contribution in [3.05, 3.63) is 70.4 Å². The molecule has 26 heavy (non-hydrogen) atoms. The number of fused-ring (bicyclic) bond motifs is 1. The number of nitrogens with zero attached hydrogens (tertiary/aromatic N) is 2. The fraction of sp³-hybridized carbons (Fsp3) is 0.286. The maximum absolute atomic E-state index is 12.8. The van der Waals surface area contributed by atoms with Crippen molar-refractivity contribution in [1.82, 2.24) is 14.8 Å². The monoisotopic (exact) mass is 367 g/mol. The van der Waals surface area contributed by atoms with Crippen LogP contribution in [0.4, 0.5) is 0 Å². The fourth-order valence-electron chi connectivity index (χ4n) is 3.45. The molecule has 0 spiro atoms. The molecule has 2 aromatic carbocycles. The van der Waals surface area contributed by atoms with Crippen LogP contribution in [0, 0.1) is 6.92 Å². The van der Waals surface area contributed by atoms with Gasteiger partial charge in [-0.25, -0.2) is 0 Å². The molecule has 1 saturated heterocycles. The van der Waals surface area contributed by atoms with Crippen LogP contribution in [-0.2, 0) is 6.54 Å². The number of aryl methyl sites for hydroxylation is 1. The van der Waals surface area contributed by atoms with Crippen molar-refractivity contribution in [2.75, 3.05) is 26.2 Å². The van der Waals surface area contributed by atoms with E-state index in [2.05, 4.69) is 41.1 Å². The first-order chi connectivity index (χ1) is 12.6. The largest absolute Gasteiger partial charge is 0.351 e. The van der Waals surface area contributed by atoms with Crippen molar-refractivity contribution in [3.8, 4) is 0 Å². The van der Waals surface area contributed by atoms with Gasteiger partial charge in [-0.3, -0.25) is 9.69 Å². The van der Waals surface area contributed by atoms with Crippen molar-refractivity contribution in [3.63, 3.8) is 0 Å². The van der Waals surface area contributed by atoms with E-state index in [0.29, 0.717) is 10.7 Å². The summed E-state index contributed by atoms with van der Waals surface area (Å²) in [5, 5.41) is 1.65. The zero-order chi connectivity index (χ0) is 18.1. The van der Waals surface area contributed by atoms with Gasteiger partial charge < -0.3 is 9.88 Å². The smallest absolute Gasteiger partial charge is 0.270 e. The first kappa shape index (κ1) is 17.1. The first-order valence-corrected chi connectivity index (χ1v) is 9.32. The van der Waals surface area contributed by atoms with Gasteiger partial charge in [-0.15, -0.1) is 0 Å². The molecular formula is C21H22ClN3O. The number of hydrogen-bond acceptors (Lipinski definition) is 2. The van der Waals surface area contributed by atoms with Gasteiger partial charge >= 0.3 is 0 Å². The highest BCUT2D eigenvalue weighted by Crippen LogP contribution is 2.21. The number of amides is 1. The molecule has 0 bridgehead atoms. The zero-order valence-electron chi connectivity index (χ0n) is 14.8. The topological polar surface area (TPSA) is 39.3 Å². The normalized spacial score (nSPS) is 15.5. The summed E-state index contributed by atoms with van der Waals surface area (Å²) in [6.45, 7) is 6.33. The van der Waals surface area contributed by atoms with Crippen LogP contribution in [0.25, 0.3) is 10.9 Å². The third-order valence-electron chi connectivity index (χ3n) is 5.00. The molecule has 4 nitrogen and oxygen atoms in total.